The van der Waals surface area contributed by atoms with E-state index >= 15 is 0 Å². The van der Waals surface area contributed by atoms with Crippen LogP contribution in [0.1, 0.15) is 19.8 Å². The molecule has 0 saturated carbocycles. The lowest BCUT2D eigenvalue weighted by Gasteiger charge is -2.23. The van der Waals surface area contributed by atoms with Crippen LogP contribution in [0.15, 0.2) is 11.8 Å². The molecule has 0 radical (unpaired) electrons. The molecule has 0 unspecified atom stereocenters. The van der Waals surface area contributed by atoms with Crippen LogP contribution in [0.5, 0.6) is 0 Å². The summed E-state index contributed by atoms with van der Waals surface area (Å²) in [5.41, 5.74) is 2.50. The SMILES string of the molecule is CC=C[Si@H]1CC[C@H](CBr)CC1. The van der Waals surface area contributed by atoms with E-state index in [1.807, 2.05) is 0 Å². The van der Waals surface area contributed by atoms with Gasteiger partial charge in [-0.1, -0.05) is 46.9 Å². The van der Waals surface area contributed by atoms with Crippen molar-refractivity contribution in [2.45, 2.75) is 31.9 Å². The zero-order valence-electron chi connectivity index (χ0n) is 7.22. The molecule has 0 N–H and O–H groups in total. The summed E-state index contributed by atoms with van der Waals surface area (Å²) in [6.45, 7) is 2.16. The summed E-state index contributed by atoms with van der Waals surface area (Å²) < 4.78 is 0. The molecular formula is C9H17BrSi. The van der Waals surface area contributed by atoms with E-state index in [0.29, 0.717) is 0 Å². The monoisotopic (exact) mass is 232 g/mol. The predicted octanol–water partition coefficient (Wildman–Crippen LogP) is 3.13. The minimum Gasteiger partial charge on any atom is -0.102 e. The van der Waals surface area contributed by atoms with E-state index in [-0.39, 0.29) is 8.80 Å². The first-order valence-corrected chi connectivity index (χ1v) is 7.97. The minimum atomic E-state index is -0.380. The lowest BCUT2D eigenvalue weighted by Crippen LogP contribution is -2.20. The maximum atomic E-state index is 3.57. The standard InChI is InChI=1S/C9H17BrSi/c1-2-5-11-6-3-9(8-10)4-7-11/h2,5,9,11H,3-4,6-8H2,1H3/t9-,11-. The van der Waals surface area contributed by atoms with Crippen LogP contribution in [-0.4, -0.2) is 14.1 Å². The second kappa shape index (κ2) is 5.15. The van der Waals surface area contributed by atoms with Crippen molar-refractivity contribution in [2.75, 3.05) is 5.33 Å². The van der Waals surface area contributed by atoms with E-state index in [1.54, 1.807) is 12.1 Å². The normalized spacial score (nSPS) is 32.9. The van der Waals surface area contributed by atoms with Gasteiger partial charge in [-0.25, -0.2) is 0 Å². The highest BCUT2D eigenvalue weighted by Crippen LogP contribution is 2.26. The Morgan fingerprint density at radius 2 is 2.09 bits per heavy atom. The molecule has 11 heavy (non-hydrogen) atoms. The van der Waals surface area contributed by atoms with Crippen molar-refractivity contribution in [3.8, 4) is 0 Å². The summed E-state index contributed by atoms with van der Waals surface area (Å²) in [4.78, 5) is 0. The molecule has 1 saturated heterocycles. The first kappa shape index (κ1) is 9.52. The molecule has 2 heteroatoms. The third kappa shape index (κ3) is 3.12. The summed E-state index contributed by atoms with van der Waals surface area (Å²) in [6, 6.07) is 3.08. The van der Waals surface area contributed by atoms with E-state index in [2.05, 4.69) is 34.6 Å². The van der Waals surface area contributed by atoms with Crippen molar-refractivity contribution < 1.29 is 0 Å². The summed E-state index contributed by atoms with van der Waals surface area (Å²) >= 11 is 3.57. The lowest BCUT2D eigenvalue weighted by atomic mass is 10.1. The second-order valence-electron chi connectivity index (χ2n) is 3.46. The smallest absolute Gasteiger partial charge is 0.0611 e. The fourth-order valence-corrected chi connectivity index (χ4v) is 5.47. The van der Waals surface area contributed by atoms with Crippen LogP contribution >= 0.6 is 15.9 Å². The number of hydrogen-bond acceptors (Lipinski definition) is 0. The molecule has 0 spiro atoms. The Bertz CT molecular complexity index is 126. The number of allylic oxidation sites excluding steroid dienone is 1. The van der Waals surface area contributed by atoms with Gasteiger partial charge in [0.25, 0.3) is 0 Å². The fourth-order valence-electron chi connectivity index (χ4n) is 1.81. The zero-order valence-corrected chi connectivity index (χ0v) is 9.96. The van der Waals surface area contributed by atoms with Gasteiger partial charge in [-0.3, -0.25) is 0 Å². The highest BCUT2D eigenvalue weighted by atomic mass is 79.9. The molecule has 64 valence electrons. The summed E-state index contributed by atoms with van der Waals surface area (Å²) in [5.74, 6) is 0.990. The fraction of sp³-hybridized carbons (Fsp3) is 0.778. The van der Waals surface area contributed by atoms with Crippen LogP contribution in [0.2, 0.25) is 12.1 Å². The van der Waals surface area contributed by atoms with Crippen LogP contribution in [0.4, 0.5) is 0 Å². The average Bonchev–Trinajstić information content (AvgIpc) is 2.07. The largest absolute Gasteiger partial charge is 0.102 e. The van der Waals surface area contributed by atoms with E-state index in [0.717, 1.165) is 5.92 Å². The lowest BCUT2D eigenvalue weighted by molar-refractivity contribution is 0.532. The summed E-state index contributed by atoms with van der Waals surface area (Å²) in [5, 5.41) is 1.23. The van der Waals surface area contributed by atoms with Gasteiger partial charge in [0.05, 0.1) is 8.80 Å². The van der Waals surface area contributed by atoms with E-state index < -0.39 is 0 Å². The van der Waals surface area contributed by atoms with Crippen molar-refractivity contribution in [3.05, 3.63) is 11.8 Å². The van der Waals surface area contributed by atoms with Crippen molar-refractivity contribution in [1.82, 2.24) is 0 Å². The molecule has 0 atom stereocenters. The number of halogens is 1. The van der Waals surface area contributed by atoms with Gasteiger partial charge >= 0.3 is 0 Å². The van der Waals surface area contributed by atoms with Gasteiger partial charge < -0.3 is 0 Å². The van der Waals surface area contributed by atoms with Gasteiger partial charge in [0, 0.05) is 5.33 Å². The van der Waals surface area contributed by atoms with Crippen molar-refractivity contribution in [3.63, 3.8) is 0 Å². The Labute approximate surface area is 79.8 Å². The van der Waals surface area contributed by atoms with Gasteiger partial charge in [0.2, 0.25) is 0 Å². The van der Waals surface area contributed by atoms with Crippen molar-refractivity contribution >= 4 is 24.7 Å². The van der Waals surface area contributed by atoms with E-state index in [4.69, 9.17) is 0 Å². The molecular weight excluding hydrogens is 216 g/mol. The molecule has 1 fully saturated rings. The maximum absolute atomic E-state index is 3.57. The van der Waals surface area contributed by atoms with Crippen LogP contribution in [0.25, 0.3) is 0 Å². The third-order valence-corrected chi connectivity index (χ3v) is 6.57. The number of rotatable bonds is 2. The predicted molar refractivity (Wildman–Crippen MR) is 58.1 cm³/mol. The highest BCUT2D eigenvalue weighted by molar-refractivity contribution is 9.09. The Kier molecular flexibility index (Phi) is 4.46. The molecule has 1 aliphatic heterocycles. The average molecular weight is 233 g/mol. The first-order valence-electron chi connectivity index (χ1n) is 4.55. The molecule has 1 heterocycles. The van der Waals surface area contributed by atoms with Crippen LogP contribution in [0, 0.1) is 5.92 Å². The van der Waals surface area contributed by atoms with Crippen molar-refractivity contribution in [1.29, 1.82) is 0 Å². The van der Waals surface area contributed by atoms with E-state index in [9.17, 15) is 0 Å². The van der Waals surface area contributed by atoms with Crippen molar-refractivity contribution in [2.24, 2.45) is 5.92 Å². The Hall–Kier alpha value is 0.437. The number of hydrogen-bond donors (Lipinski definition) is 0. The molecule has 0 aromatic heterocycles. The molecule has 0 bridgehead atoms. The van der Waals surface area contributed by atoms with Gasteiger partial charge in [-0.05, 0) is 12.8 Å². The molecule has 0 aliphatic carbocycles. The highest BCUT2D eigenvalue weighted by Gasteiger charge is 2.18. The second-order valence-corrected chi connectivity index (χ2v) is 7.17. The zero-order chi connectivity index (χ0) is 8.10. The first-order chi connectivity index (χ1) is 5.36. The molecule has 0 aromatic rings. The van der Waals surface area contributed by atoms with Crippen LogP contribution in [0.3, 0.4) is 0 Å². The van der Waals surface area contributed by atoms with Gasteiger partial charge in [0.15, 0.2) is 0 Å². The molecule has 0 nitrogen and oxygen atoms in total. The Morgan fingerprint density at radius 1 is 1.45 bits per heavy atom. The third-order valence-electron chi connectivity index (χ3n) is 2.57. The summed E-state index contributed by atoms with van der Waals surface area (Å²) in [7, 11) is -0.380. The molecule has 1 rings (SSSR count). The van der Waals surface area contributed by atoms with Crippen LogP contribution in [-0.2, 0) is 0 Å². The maximum Gasteiger partial charge on any atom is 0.0611 e. The van der Waals surface area contributed by atoms with Crippen LogP contribution < -0.4 is 0 Å². The van der Waals surface area contributed by atoms with Gasteiger partial charge in [-0.2, -0.15) is 0 Å². The minimum absolute atomic E-state index is 0.380. The topological polar surface area (TPSA) is 0 Å². The number of alkyl halides is 1. The van der Waals surface area contributed by atoms with Gasteiger partial charge in [-0.15, -0.1) is 5.70 Å². The Morgan fingerprint density at radius 3 is 2.55 bits per heavy atom. The molecule has 0 amide bonds. The quantitative estimate of drug-likeness (QED) is 0.507. The Balaban J connectivity index is 2.24. The van der Waals surface area contributed by atoms with Gasteiger partial charge in [0.1, 0.15) is 0 Å². The molecule has 0 aromatic carbocycles. The van der Waals surface area contributed by atoms with E-state index in [1.165, 1.54) is 18.2 Å². The summed E-state index contributed by atoms with van der Waals surface area (Å²) in [6.07, 6.45) is 5.21. The molecule has 1 aliphatic rings.